The molecule has 5 atom stereocenters. The Morgan fingerprint density at radius 1 is 0.960 bits per heavy atom. The molecule has 4 unspecified atom stereocenters. The Labute approximate surface area is 148 Å². The van der Waals surface area contributed by atoms with E-state index in [1.807, 2.05) is 31.4 Å². The van der Waals surface area contributed by atoms with Crippen LogP contribution in [-0.2, 0) is 4.74 Å². The number of quaternary nitrogens is 1. The van der Waals surface area contributed by atoms with E-state index in [-0.39, 0.29) is 12.3 Å². The molecule has 2 heterocycles. The summed E-state index contributed by atoms with van der Waals surface area (Å²) in [5.41, 5.74) is 2.83. The minimum Gasteiger partial charge on any atom is -0.479 e. The SMILES string of the molecule is COC1c2ccccc2C2C[N@@+](C)(C3COc4ccccc4O3)CC21. The number of ether oxygens (including phenoxy) is 3. The molecule has 0 N–H and O–H groups in total. The Balaban J connectivity index is 1.44. The van der Waals surface area contributed by atoms with Crippen LogP contribution in [0.2, 0.25) is 0 Å². The monoisotopic (exact) mass is 338 g/mol. The largest absolute Gasteiger partial charge is 0.479 e. The van der Waals surface area contributed by atoms with E-state index < -0.39 is 0 Å². The smallest absolute Gasteiger partial charge is 0.267 e. The van der Waals surface area contributed by atoms with Crippen molar-refractivity contribution >= 4 is 0 Å². The van der Waals surface area contributed by atoms with Crippen LogP contribution in [0.15, 0.2) is 48.5 Å². The van der Waals surface area contributed by atoms with Crippen LogP contribution < -0.4 is 9.47 Å². The molecule has 4 heteroatoms. The van der Waals surface area contributed by atoms with Gasteiger partial charge in [0.15, 0.2) is 18.1 Å². The molecule has 0 saturated carbocycles. The zero-order chi connectivity index (χ0) is 17.0. The van der Waals surface area contributed by atoms with Crippen LogP contribution in [0.1, 0.15) is 23.1 Å². The number of fused-ring (bicyclic) bond motifs is 4. The molecule has 1 aliphatic carbocycles. The van der Waals surface area contributed by atoms with Gasteiger partial charge in [0.2, 0.25) is 0 Å². The first kappa shape index (κ1) is 15.2. The van der Waals surface area contributed by atoms with Crippen LogP contribution in [0.3, 0.4) is 0 Å². The number of likely N-dealkylation sites (N-methyl/N-ethyl adjacent to an activating group) is 1. The minimum absolute atomic E-state index is 0.0326. The molecule has 0 radical (unpaired) electrons. The Morgan fingerprint density at radius 3 is 2.48 bits per heavy atom. The molecule has 1 fully saturated rings. The van der Waals surface area contributed by atoms with Crippen molar-refractivity contribution in [3.8, 4) is 11.5 Å². The molecular formula is C21H24NO3+. The van der Waals surface area contributed by atoms with Crippen molar-refractivity contribution in [2.75, 3.05) is 33.9 Å². The molecular weight excluding hydrogens is 314 g/mol. The van der Waals surface area contributed by atoms with Crippen LogP contribution >= 0.6 is 0 Å². The van der Waals surface area contributed by atoms with Gasteiger partial charge in [-0.05, 0) is 23.3 Å². The van der Waals surface area contributed by atoms with Gasteiger partial charge >= 0.3 is 0 Å². The highest BCUT2D eigenvalue weighted by molar-refractivity contribution is 5.41. The van der Waals surface area contributed by atoms with Crippen molar-refractivity contribution < 1.29 is 18.7 Å². The second-order valence-corrected chi connectivity index (χ2v) is 7.73. The van der Waals surface area contributed by atoms with E-state index >= 15 is 0 Å². The Morgan fingerprint density at radius 2 is 1.68 bits per heavy atom. The normalized spacial score (nSPS) is 35.3. The average Bonchev–Trinajstić information content (AvgIpc) is 3.14. The number of likely N-dealkylation sites (tertiary alicyclic amines) is 1. The second kappa shape index (κ2) is 5.48. The van der Waals surface area contributed by atoms with Gasteiger partial charge in [-0.15, -0.1) is 0 Å². The summed E-state index contributed by atoms with van der Waals surface area (Å²) in [4.78, 5) is 0. The average molecular weight is 338 g/mol. The van der Waals surface area contributed by atoms with Gasteiger partial charge in [-0.1, -0.05) is 36.4 Å². The van der Waals surface area contributed by atoms with Gasteiger partial charge in [0.05, 0.1) is 32.2 Å². The van der Waals surface area contributed by atoms with Gasteiger partial charge in [-0.3, -0.25) is 4.48 Å². The minimum atomic E-state index is 0.0326. The van der Waals surface area contributed by atoms with Gasteiger partial charge in [0.25, 0.3) is 6.23 Å². The number of benzene rings is 2. The van der Waals surface area contributed by atoms with E-state index in [2.05, 4.69) is 31.3 Å². The fraction of sp³-hybridized carbons (Fsp3) is 0.429. The first-order valence-electron chi connectivity index (χ1n) is 9.04. The van der Waals surface area contributed by atoms with E-state index in [1.165, 1.54) is 11.1 Å². The first-order valence-corrected chi connectivity index (χ1v) is 9.04. The van der Waals surface area contributed by atoms with Gasteiger partial charge in [-0.25, -0.2) is 0 Å². The molecule has 0 bridgehead atoms. The Bertz CT molecular complexity index is 807. The summed E-state index contributed by atoms with van der Waals surface area (Å²) in [6, 6.07) is 16.7. The van der Waals surface area contributed by atoms with E-state index in [1.54, 1.807) is 0 Å². The number of nitrogens with zero attached hydrogens (tertiary/aromatic N) is 1. The lowest BCUT2D eigenvalue weighted by molar-refractivity contribution is -0.942. The molecule has 2 aromatic carbocycles. The maximum atomic E-state index is 6.35. The molecule has 0 amide bonds. The zero-order valence-corrected chi connectivity index (χ0v) is 14.7. The lowest BCUT2D eigenvalue weighted by Gasteiger charge is -2.40. The third-order valence-corrected chi connectivity index (χ3v) is 6.29. The summed E-state index contributed by atoms with van der Waals surface area (Å²) in [7, 11) is 4.14. The lowest BCUT2D eigenvalue weighted by Crippen LogP contribution is -2.57. The predicted octanol–water partition coefficient (Wildman–Crippen LogP) is 3.35. The van der Waals surface area contributed by atoms with Crippen molar-refractivity contribution in [2.24, 2.45) is 5.92 Å². The summed E-state index contributed by atoms with van der Waals surface area (Å²) in [5, 5.41) is 0. The fourth-order valence-electron chi connectivity index (χ4n) is 5.09. The molecule has 4 nitrogen and oxygen atoms in total. The highest BCUT2D eigenvalue weighted by Crippen LogP contribution is 2.53. The van der Waals surface area contributed by atoms with Crippen LogP contribution in [-0.4, -0.2) is 44.6 Å². The standard InChI is InChI=1S/C21H24NO3/c1-22(20-13-24-18-9-5-6-10-19(18)25-20)11-16-14-7-3-4-8-15(14)21(23-2)17(16)12-22/h3-10,16-17,20-21H,11-13H2,1-2H3/q+1/t16?,17?,20?,21?,22-/m1/s1. The topological polar surface area (TPSA) is 27.7 Å². The Kier molecular flexibility index (Phi) is 3.34. The van der Waals surface area contributed by atoms with Crippen molar-refractivity contribution in [2.45, 2.75) is 18.2 Å². The highest BCUT2D eigenvalue weighted by Gasteiger charge is 2.56. The molecule has 5 rings (SSSR count). The third-order valence-electron chi connectivity index (χ3n) is 6.29. The maximum absolute atomic E-state index is 6.35. The summed E-state index contributed by atoms with van der Waals surface area (Å²) in [6.45, 7) is 2.72. The van der Waals surface area contributed by atoms with Crippen LogP contribution in [0.25, 0.3) is 0 Å². The van der Waals surface area contributed by atoms with Crippen molar-refractivity contribution in [1.29, 1.82) is 0 Å². The first-order chi connectivity index (χ1) is 12.2. The van der Waals surface area contributed by atoms with E-state index in [0.29, 0.717) is 18.4 Å². The zero-order valence-electron chi connectivity index (χ0n) is 14.7. The van der Waals surface area contributed by atoms with Crippen molar-refractivity contribution in [3.63, 3.8) is 0 Å². The highest BCUT2D eigenvalue weighted by atomic mass is 16.6. The van der Waals surface area contributed by atoms with Crippen molar-refractivity contribution in [3.05, 3.63) is 59.7 Å². The van der Waals surface area contributed by atoms with E-state index in [4.69, 9.17) is 14.2 Å². The van der Waals surface area contributed by atoms with Crippen LogP contribution in [0, 0.1) is 5.92 Å². The molecule has 3 aliphatic rings. The van der Waals surface area contributed by atoms with Gasteiger partial charge < -0.3 is 14.2 Å². The summed E-state index contributed by atoms with van der Waals surface area (Å²) in [6.07, 6.45) is 0.225. The van der Waals surface area contributed by atoms with Crippen LogP contribution in [0.5, 0.6) is 11.5 Å². The van der Waals surface area contributed by atoms with E-state index in [9.17, 15) is 0 Å². The molecule has 0 aromatic heterocycles. The molecule has 2 aliphatic heterocycles. The van der Waals surface area contributed by atoms with Gasteiger partial charge in [0.1, 0.15) is 0 Å². The number of para-hydroxylation sites is 2. The van der Waals surface area contributed by atoms with Crippen molar-refractivity contribution in [1.82, 2.24) is 0 Å². The molecule has 1 saturated heterocycles. The van der Waals surface area contributed by atoms with Gasteiger partial charge in [-0.2, -0.15) is 0 Å². The fourth-order valence-corrected chi connectivity index (χ4v) is 5.09. The van der Waals surface area contributed by atoms with Crippen LogP contribution in [0.4, 0.5) is 0 Å². The third kappa shape index (κ3) is 2.21. The molecule has 0 spiro atoms. The summed E-state index contributed by atoms with van der Waals surface area (Å²) < 4.78 is 19.1. The van der Waals surface area contributed by atoms with Gasteiger partial charge in [0, 0.05) is 13.0 Å². The van der Waals surface area contributed by atoms with E-state index in [0.717, 1.165) is 29.1 Å². The number of hydrogen-bond acceptors (Lipinski definition) is 3. The second-order valence-electron chi connectivity index (χ2n) is 7.73. The lowest BCUT2D eigenvalue weighted by atomic mass is 9.96. The molecule has 2 aromatic rings. The quantitative estimate of drug-likeness (QED) is 0.786. The molecule has 130 valence electrons. The number of methoxy groups -OCH3 is 1. The number of hydrogen-bond donors (Lipinski definition) is 0. The predicted molar refractivity (Wildman–Crippen MR) is 94.7 cm³/mol. The molecule has 25 heavy (non-hydrogen) atoms. The summed E-state index contributed by atoms with van der Waals surface area (Å²) >= 11 is 0. The Hall–Kier alpha value is -2.04. The maximum Gasteiger partial charge on any atom is 0.267 e. The number of rotatable bonds is 2. The summed E-state index contributed by atoms with van der Waals surface area (Å²) in [5.74, 6) is 2.75.